The summed E-state index contributed by atoms with van der Waals surface area (Å²) in [6, 6.07) is -4.25. The molecule has 0 aromatic heterocycles. The van der Waals surface area contributed by atoms with Crippen LogP contribution in [-0.2, 0) is 29.2 Å². The molecule has 1 unspecified atom stereocenters. The molecule has 0 aromatic carbocycles. The number of likely N-dealkylation sites (tertiary alicyclic amines) is 1. The van der Waals surface area contributed by atoms with E-state index < -0.39 is 79.3 Å². The lowest BCUT2D eigenvalue weighted by Gasteiger charge is -2.39. The van der Waals surface area contributed by atoms with Gasteiger partial charge in [0.25, 0.3) is 5.91 Å². The number of carbonyl (C=O) groups is 5. The van der Waals surface area contributed by atoms with Gasteiger partial charge in [0.1, 0.15) is 12.1 Å². The van der Waals surface area contributed by atoms with Crippen LogP contribution >= 0.6 is 0 Å². The first kappa shape index (κ1) is 43.2. The minimum absolute atomic E-state index is 0.0149. The zero-order chi connectivity index (χ0) is 38.8. The number of hydrogen-bond donors (Lipinski definition) is 4. The molecule has 0 radical (unpaired) electrons. The zero-order valence-electron chi connectivity index (χ0n) is 32.7. The Labute approximate surface area is 300 Å². The monoisotopic (exact) mass is 724 g/mol. The molecule has 50 heavy (non-hydrogen) atoms. The average molecular weight is 725 g/mol. The predicted octanol–water partition coefficient (Wildman–Crippen LogP) is 3.20. The minimum atomic E-state index is -3.68. The number of nitrogens with one attached hydrogen (secondary N) is 4. The molecule has 4 N–H and O–H groups in total. The van der Waals surface area contributed by atoms with E-state index in [2.05, 4.69) is 27.8 Å². The van der Waals surface area contributed by atoms with Crippen molar-refractivity contribution in [1.29, 1.82) is 0 Å². The molecular formula is C36H64N6O7S. The van der Waals surface area contributed by atoms with Crippen LogP contribution in [0.2, 0.25) is 0 Å². The number of amides is 5. The van der Waals surface area contributed by atoms with Gasteiger partial charge in [-0.1, -0.05) is 81.2 Å². The predicted molar refractivity (Wildman–Crippen MR) is 195 cm³/mol. The first-order valence-corrected chi connectivity index (χ1v) is 19.1. The molecule has 1 aliphatic heterocycles. The van der Waals surface area contributed by atoms with Crippen LogP contribution in [0, 0.1) is 28.1 Å². The molecule has 0 aromatic rings. The number of sulfonamides is 1. The third kappa shape index (κ3) is 9.86. The number of likely N-dealkylation sites (N-methyl/N-ethyl adjacent to an activating group) is 1. The molecule has 13 nitrogen and oxygen atoms in total. The highest BCUT2D eigenvalue weighted by Gasteiger charge is 2.70. The maximum absolute atomic E-state index is 14.4. The van der Waals surface area contributed by atoms with Gasteiger partial charge in [0.15, 0.2) is 0 Å². The summed E-state index contributed by atoms with van der Waals surface area (Å²) in [5.41, 5.74) is -1.53. The Morgan fingerprint density at radius 2 is 1.54 bits per heavy atom. The molecular weight excluding hydrogens is 660 g/mol. The molecule has 1 saturated heterocycles. The number of fused-ring (bicyclic) bond motifs is 1. The Balaban J connectivity index is 2.36. The summed E-state index contributed by atoms with van der Waals surface area (Å²) < 4.78 is 26.4. The van der Waals surface area contributed by atoms with Crippen LogP contribution in [0.3, 0.4) is 0 Å². The summed E-state index contributed by atoms with van der Waals surface area (Å²) in [5, 5.41) is 11.1. The van der Waals surface area contributed by atoms with Gasteiger partial charge in [0, 0.05) is 32.7 Å². The van der Waals surface area contributed by atoms with E-state index in [4.69, 9.17) is 0 Å². The topological polar surface area (TPSA) is 174 Å². The number of ketones is 1. The molecule has 1 aliphatic carbocycles. The SMILES string of the molecule is C=CCNC(=O)C(=O)C(CCCC)NC(=O)[C@@H]1[C@@H]2[C@H](CN1C(=O)[C@@H](NC(=O)N[C@H](CN(C)S(=O)(=O)C(C)(C)C)C(C)(C)C)C(C)(C)C)C2(C)C. The lowest BCUT2D eigenvalue weighted by atomic mass is 9.85. The van der Waals surface area contributed by atoms with Crippen LogP contribution in [0.4, 0.5) is 4.79 Å². The van der Waals surface area contributed by atoms with E-state index in [-0.39, 0.29) is 36.8 Å². The highest BCUT2D eigenvalue weighted by atomic mass is 32.2. The zero-order valence-corrected chi connectivity index (χ0v) is 33.5. The Kier molecular flexibility index (Phi) is 13.6. The summed E-state index contributed by atoms with van der Waals surface area (Å²) in [7, 11) is -2.19. The maximum atomic E-state index is 14.4. The normalized spacial score (nSPS) is 22.1. The molecule has 0 bridgehead atoms. The first-order valence-electron chi connectivity index (χ1n) is 17.7. The van der Waals surface area contributed by atoms with Crippen LogP contribution in [0.1, 0.15) is 102 Å². The highest BCUT2D eigenvalue weighted by Crippen LogP contribution is 2.65. The molecule has 1 heterocycles. The molecule has 2 rings (SSSR count). The van der Waals surface area contributed by atoms with Gasteiger partial charge in [0.05, 0.1) is 10.8 Å². The quantitative estimate of drug-likeness (QED) is 0.148. The van der Waals surface area contributed by atoms with Crippen molar-refractivity contribution < 1.29 is 32.4 Å². The molecule has 5 amide bonds. The molecule has 286 valence electrons. The maximum Gasteiger partial charge on any atom is 0.315 e. The van der Waals surface area contributed by atoms with Crippen LogP contribution in [0.25, 0.3) is 0 Å². The first-order chi connectivity index (χ1) is 22.6. The van der Waals surface area contributed by atoms with Crippen LogP contribution in [-0.4, -0.2) is 103 Å². The minimum Gasteiger partial charge on any atom is -0.346 e. The molecule has 14 heteroatoms. The average Bonchev–Trinajstić information content (AvgIpc) is 3.29. The van der Waals surface area contributed by atoms with E-state index in [1.165, 1.54) is 22.3 Å². The second-order valence-electron chi connectivity index (χ2n) is 17.7. The standard InChI is InChI=1S/C36H64N6O7S/c1-15-17-18-23(27(43)30(45)37-19-16-2)38-29(44)26-25-22(36(25,12)13)20-42(26)31(46)28(34(6,7)8)40-32(47)39-24(33(3,4)5)21-41(14)50(48,49)35(9,10)11/h16,22-26,28H,2,15,17-21H2,1,3-14H3,(H,37,45)(H,38,44)(H2,39,40,47)/t22-,23?,24+,25-,26-,28+/m0/s1. The highest BCUT2D eigenvalue weighted by molar-refractivity contribution is 7.90. The van der Waals surface area contributed by atoms with Gasteiger partial charge in [-0.2, -0.15) is 0 Å². The summed E-state index contributed by atoms with van der Waals surface area (Å²) >= 11 is 0. The van der Waals surface area contributed by atoms with Gasteiger partial charge < -0.3 is 26.2 Å². The summed E-state index contributed by atoms with van der Waals surface area (Å²) in [6.07, 6.45) is 3.09. The largest absolute Gasteiger partial charge is 0.346 e. The van der Waals surface area contributed by atoms with Gasteiger partial charge >= 0.3 is 6.03 Å². The van der Waals surface area contributed by atoms with Crippen molar-refractivity contribution in [2.75, 3.05) is 26.7 Å². The number of hydrogen-bond acceptors (Lipinski definition) is 7. The van der Waals surface area contributed by atoms with Crippen LogP contribution in [0.5, 0.6) is 0 Å². The lowest BCUT2D eigenvalue weighted by molar-refractivity contribution is -0.145. The van der Waals surface area contributed by atoms with Crippen molar-refractivity contribution in [2.24, 2.45) is 28.1 Å². The smallest absolute Gasteiger partial charge is 0.315 e. The molecule has 6 atom stereocenters. The van der Waals surface area contributed by atoms with Crippen molar-refractivity contribution in [3.63, 3.8) is 0 Å². The summed E-state index contributed by atoms with van der Waals surface area (Å²) in [6.45, 7) is 26.0. The number of nitrogens with zero attached hydrogens (tertiary/aromatic N) is 2. The number of urea groups is 1. The van der Waals surface area contributed by atoms with E-state index >= 15 is 0 Å². The van der Waals surface area contributed by atoms with E-state index in [1.54, 1.807) is 20.8 Å². The fourth-order valence-electron chi connectivity index (χ4n) is 6.66. The second-order valence-corrected chi connectivity index (χ2v) is 20.5. The second kappa shape index (κ2) is 15.7. The molecule has 2 fully saturated rings. The number of unbranched alkanes of at least 4 members (excludes halogenated alkanes) is 1. The van der Waals surface area contributed by atoms with Crippen LogP contribution in [0.15, 0.2) is 12.7 Å². The summed E-state index contributed by atoms with van der Waals surface area (Å²) in [5.74, 6) is -2.62. The molecule has 1 saturated carbocycles. The third-order valence-corrected chi connectivity index (χ3v) is 12.8. The van der Waals surface area contributed by atoms with Crippen molar-refractivity contribution in [2.45, 2.75) is 131 Å². The van der Waals surface area contributed by atoms with Gasteiger partial charge in [-0.05, 0) is 55.3 Å². The van der Waals surface area contributed by atoms with Crippen molar-refractivity contribution >= 4 is 39.6 Å². The van der Waals surface area contributed by atoms with Crippen molar-refractivity contribution in [1.82, 2.24) is 30.5 Å². The number of carbonyl (C=O) groups excluding carboxylic acids is 5. The number of rotatable bonds is 15. The Morgan fingerprint density at radius 3 is 2.02 bits per heavy atom. The lowest BCUT2D eigenvalue weighted by Crippen LogP contribution is -2.63. The number of piperidine rings is 1. The molecule has 0 spiro atoms. The Hall–Kier alpha value is -3.00. The fourth-order valence-corrected chi connectivity index (χ4v) is 7.94. The van der Waals surface area contributed by atoms with E-state index in [1.807, 2.05) is 62.3 Å². The van der Waals surface area contributed by atoms with Crippen molar-refractivity contribution in [3.8, 4) is 0 Å². The van der Waals surface area contributed by atoms with E-state index in [0.717, 1.165) is 6.42 Å². The van der Waals surface area contributed by atoms with Gasteiger partial charge in [0.2, 0.25) is 27.6 Å². The van der Waals surface area contributed by atoms with Gasteiger partial charge in [-0.15, -0.1) is 6.58 Å². The van der Waals surface area contributed by atoms with Crippen LogP contribution < -0.4 is 21.3 Å². The fraction of sp³-hybridized carbons (Fsp3) is 0.806. The van der Waals surface area contributed by atoms with Gasteiger partial charge in [-0.25, -0.2) is 17.5 Å². The Bertz CT molecular complexity index is 1410. The van der Waals surface area contributed by atoms with E-state index in [9.17, 15) is 32.4 Å². The summed E-state index contributed by atoms with van der Waals surface area (Å²) in [4.78, 5) is 69.3. The van der Waals surface area contributed by atoms with Crippen molar-refractivity contribution in [3.05, 3.63) is 12.7 Å². The number of Topliss-reactive ketones (excluding diaryl/α,β-unsaturated/α-hetero) is 1. The Morgan fingerprint density at radius 1 is 0.960 bits per heavy atom. The van der Waals surface area contributed by atoms with Gasteiger partial charge in [-0.3, -0.25) is 19.2 Å². The van der Waals surface area contributed by atoms with E-state index in [0.29, 0.717) is 13.0 Å². The third-order valence-electron chi connectivity index (χ3n) is 10.2. The molecule has 2 aliphatic rings.